The van der Waals surface area contributed by atoms with Crippen molar-refractivity contribution in [3.63, 3.8) is 0 Å². The van der Waals surface area contributed by atoms with Gasteiger partial charge in [0.05, 0.1) is 21.1 Å². The molecule has 2 aromatic carbocycles. The molecule has 1 aliphatic rings. The SMILES string of the molecule is CN1C(=Cc2ccc3cccc(Cl)c3n2)C(=O)c2ccccc2S1(=O)=O. The van der Waals surface area contributed by atoms with E-state index in [1.54, 1.807) is 24.3 Å². The zero-order chi connectivity index (χ0) is 18.5. The van der Waals surface area contributed by atoms with Gasteiger partial charge in [0.25, 0.3) is 10.0 Å². The van der Waals surface area contributed by atoms with Gasteiger partial charge >= 0.3 is 0 Å². The van der Waals surface area contributed by atoms with Gasteiger partial charge in [0.2, 0.25) is 5.78 Å². The summed E-state index contributed by atoms with van der Waals surface area (Å²) >= 11 is 6.18. The Balaban J connectivity index is 1.90. The van der Waals surface area contributed by atoms with Crippen molar-refractivity contribution in [2.45, 2.75) is 4.90 Å². The van der Waals surface area contributed by atoms with E-state index in [-0.39, 0.29) is 21.9 Å². The maximum Gasteiger partial charge on any atom is 0.264 e. The van der Waals surface area contributed by atoms with Gasteiger partial charge in [-0.3, -0.25) is 9.10 Å². The third kappa shape index (κ3) is 2.50. The van der Waals surface area contributed by atoms with E-state index >= 15 is 0 Å². The molecule has 26 heavy (non-hydrogen) atoms. The van der Waals surface area contributed by atoms with Crippen LogP contribution >= 0.6 is 11.6 Å². The third-order valence-electron chi connectivity index (χ3n) is 4.32. The number of rotatable bonds is 1. The molecule has 0 saturated carbocycles. The van der Waals surface area contributed by atoms with Crippen LogP contribution < -0.4 is 0 Å². The van der Waals surface area contributed by atoms with E-state index in [1.165, 1.54) is 25.3 Å². The molecule has 0 unspecified atom stereocenters. The zero-order valence-electron chi connectivity index (χ0n) is 13.7. The molecular formula is C19H13ClN2O3S. The Bertz CT molecular complexity index is 1200. The summed E-state index contributed by atoms with van der Waals surface area (Å²) in [5.41, 5.74) is 1.26. The molecule has 0 saturated heterocycles. The number of allylic oxidation sites excluding steroid dienone is 1. The molecule has 0 aliphatic carbocycles. The van der Waals surface area contributed by atoms with E-state index in [1.807, 2.05) is 18.2 Å². The van der Waals surface area contributed by atoms with E-state index in [9.17, 15) is 13.2 Å². The summed E-state index contributed by atoms with van der Waals surface area (Å²) in [7, 11) is -2.42. The first-order valence-corrected chi connectivity index (χ1v) is 9.61. The highest BCUT2D eigenvalue weighted by Crippen LogP contribution is 2.32. The maximum atomic E-state index is 12.8. The molecule has 0 atom stereocenters. The van der Waals surface area contributed by atoms with E-state index < -0.39 is 10.0 Å². The van der Waals surface area contributed by atoms with Crippen LogP contribution in [0.5, 0.6) is 0 Å². The van der Waals surface area contributed by atoms with Crippen molar-refractivity contribution in [2.24, 2.45) is 0 Å². The second-order valence-electron chi connectivity index (χ2n) is 5.88. The molecule has 4 rings (SSSR count). The van der Waals surface area contributed by atoms with Gasteiger partial charge < -0.3 is 0 Å². The van der Waals surface area contributed by atoms with Gasteiger partial charge in [-0.1, -0.05) is 41.9 Å². The summed E-state index contributed by atoms with van der Waals surface area (Å²) in [4.78, 5) is 17.3. The Hall–Kier alpha value is -2.70. The lowest BCUT2D eigenvalue weighted by atomic mass is 10.1. The van der Waals surface area contributed by atoms with Crippen LogP contribution in [0.3, 0.4) is 0 Å². The Kier molecular flexibility index (Phi) is 3.82. The van der Waals surface area contributed by atoms with Crippen LogP contribution in [0.2, 0.25) is 5.02 Å². The van der Waals surface area contributed by atoms with Crippen molar-refractivity contribution in [1.29, 1.82) is 0 Å². The summed E-state index contributed by atoms with van der Waals surface area (Å²) in [6.07, 6.45) is 1.47. The van der Waals surface area contributed by atoms with Crippen LogP contribution in [0.4, 0.5) is 0 Å². The number of halogens is 1. The van der Waals surface area contributed by atoms with Crippen molar-refractivity contribution < 1.29 is 13.2 Å². The number of nitrogens with zero attached hydrogens (tertiary/aromatic N) is 2. The summed E-state index contributed by atoms with van der Waals surface area (Å²) in [5.74, 6) is -0.362. The minimum absolute atomic E-state index is 0.0131. The van der Waals surface area contributed by atoms with Gasteiger partial charge in [0.15, 0.2) is 0 Å². The standard InChI is InChI=1S/C19H13ClN2O3S/c1-22-16(19(23)14-6-2-3-8-17(14)26(22,24)25)11-13-10-9-12-5-4-7-15(20)18(12)21-13/h2-11H,1H3. The van der Waals surface area contributed by atoms with Gasteiger partial charge in [-0.25, -0.2) is 13.4 Å². The molecule has 1 aliphatic heterocycles. The first-order valence-electron chi connectivity index (χ1n) is 7.79. The molecule has 2 heterocycles. The number of para-hydroxylation sites is 1. The normalized spacial score (nSPS) is 17.5. The Morgan fingerprint density at radius 3 is 2.62 bits per heavy atom. The van der Waals surface area contributed by atoms with Crippen LogP contribution in [0.15, 0.2) is 65.2 Å². The molecule has 3 aromatic rings. The molecule has 0 amide bonds. The summed E-state index contributed by atoms with van der Waals surface area (Å²) in [6.45, 7) is 0. The molecule has 5 nitrogen and oxygen atoms in total. The van der Waals surface area contributed by atoms with Gasteiger partial charge in [-0.15, -0.1) is 0 Å². The number of pyridine rings is 1. The topological polar surface area (TPSA) is 67.3 Å². The number of likely N-dealkylation sites (N-methyl/N-ethyl adjacent to an activating group) is 1. The average molecular weight is 385 g/mol. The smallest absolute Gasteiger partial charge is 0.264 e. The number of carbonyl (C=O) groups excluding carboxylic acids is 1. The highest BCUT2D eigenvalue weighted by Gasteiger charge is 2.36. The van der Waals surface area contributed by atoms with E-state index in [2.05, 4.69) is 4.98 Å². The van der Waals surface area contributed by atoms with Crippen molar-refractivity contribution in [3.8, 4) is 0 Å². The molecule has 1 aromatic heterocycles. The van der Waals surface area contributed by atoms with E-state index in [4.69, 9.17) is 11.6 Å². The van der Waals surface area contributed by atoms with Gasteiger partial charge in [-0.2, -0.15) is 0 Å². The lowest BCUT2D eigenvalue weighted by Gasteiger charge is -2.27. The van der Waals surface area contributed by atoms with Crippen LogP contribution in [0.1, 0.15) is 16.1 Å². The van der Waals surface area contributed by atoms with Crippen molar-refractivity contribution in [2.75, 3.05) is 7.05 Å². The first-order chi connectivity index (χ1) is 12.4. The largest absolute Gasteiger partial charge is 0.287 e. The third-order valence-corrected chi connectivity index (χ3v) is 6.45. The van der Waals surface area contributed by atoms with Crippen LogP contribution in [0, 0.1) is 0 Å². The number of Topliss-reactive ketones (excluding diaryl/α,β-unsaturated/α-hetero) is 1. The number of hydrogen-bond donors (Lipinski definition) is 0. The first kappa shape index (κ1) is 16.8. The van der Waals surface area contributed by atoms with E-state index in [0.29, 0.717) is 16.2 Å². The number of sulfonamides is 1. The predicted octanol–water partition coefficient (Wildman–Crippen LogP) is 3.75. The minimum Gasteiger partial charge on any atom is -0.287 e. The van der Waals surface area contributed by atoms with Crippen LogP contribution in [-0.2, 0) is 10.0 Å². The molecule has 0 spiro atoms. The molecule has 130 valence electrons. The number of benzene rings is 2. The fourth-order valence-electron chi connectivity index (χ4n) is 2.94. The molecular weight excluding hydrogens is 372 g/mol. The second-order valence-corrected chi connectivity index (χ2v) is 8.22. The summed E-state index contributed by atoms with van der Waals surface area (Å²) in [6, 6.07) is 15.2. The minimum atomic E-state index is -3.78. The van der Waals surface area contributed by atoms with Crippen molar-refractivity contribution in [1.82, 2.24) is 9.29 Å². The second kappa shape index (κ2) is 5.93. The number of hydrogen-bond acceptors (Lipinski definition) is 4. The highest BCUT2D eigenvalue weighted by atomic mass is 35.5. The number of fused-ring (bicyclic) bond motifs is 2. The molecule has 0 bridgehead atoms. The molecule has 0 radical (unpaired) electrons. The fourth-order valence-corrected chi connectivity index (χ4v) is 4.54. The van der Waals surface area contributed by atoms with Crippen LogP contribution in [0.25, 0.3) is 17.0 Å². The molecule has 7 heteroatoms. The number of ketones is 1. The molecule has 0 N–H and O–H groups in total. The van der Waals surface area contributed by atoms with Gasteiger partial charge in [0.1, 0.15) is 5.70 Å². The Morgan fingerprint density at radius 1 is 1.04 bits per heavy atom. The predicted molar refractivity (Wildman–Crippen MR) is 100 cm³/mol. The van der Waals surface area contributed by atoms with E-state index in [0.717, 1.165) is 9.69 Å². The Morgan fingerprint density at radius 2 is 1.81 bits per heavy atom. The van der Waals surface area contributed by atoms with Gasteiger partial charge in [0, 0.05) is 18.0 Å². The molecule has 0 fully saturated rings. The highest BCUT2D eigenvalue weighted by molar-refractivity contribution is 7.89. The quantitative estimate of drug-likeness (QED) is 0.599. The fraction of sp³-hybridized carbons (Fsp3) is 0.0526. The lowest BCUT2D eigenvalue weighted by Crippen LogP contribution is -2.36. The van der Waals surface area contributed by atoms with Crippen molar-refractivity contribution >= 4 is 44.4 Å². The van der Waals surface area contributed by atoms with Crippen LogP contribution in [-0.4, -0.2) is 30.5 Å². The Labute approximate surface area is 155 Å². The van der Waals surface area contributed by atoms with Crippen molar-refractivity contribution in [3.05, 3.63) is 76.6 Å². The van der Waals surface area contributed by atoms with Gasteiger partial charge in [-0.05, 0) is 30.3 Å². The maximum absolute atomic E-state index is 12.8. The monoisotopic (exact) mass is 384 g/mol. The zero-order valence-corrected chi connectivity index (χ0v) is 15.3. The number of aromatic nitrogens is 1. The average Bonchev–Trinajstić information content (AvgIpc) is 2.64. The number of carbonyl (C=O) groups is 1. The summed E-state index contributed by atoms with van der Waals surface area (Å²) in [5, 5.41) is 1.35. The summed E-state index contributed by atoms with van der Waals surface area (Å²) < 4.78 is 26.4. The lowest BCUT2D eigenvalue weighted by molar-refractivity contribution is 0.101.